The highest BCUT2D eigenvalue weighted by molar-refractivity contribution is 7.89. The summed E-state index contributed by atoms with van der Waals surface area (Å²) in [5.41, 5.74) is 1.60. The van der Waals surface area contributed by atoms with E-state index in [-0.39, 0.29) is 37.9 Å². The minimum Gasteiger partial charge on any atom is -0.340 e. The monoisotopic (exact) mass is 488 g/mol. The van der Waals surface area contributed by atoms with Crippen molar-refractivity contribution in [3.63, 3.8) is 0 Å². The summed E-state index contributed by atoms with van der Waals surface area (Å²) in [6, 6.07) is 5.04. The molecule has 1 N–H and O–H groups in total. The fourth-order valence-corrected chi connectivity index (χ4v) is 7.23. The van der Waals surface area contributed by atoms with Gasteiger partial charge in [-0.3, -0.25) is 14.5 Å². The predicted molar refractivity (Wildman–Crippen MR) is 124 cm³/mol. The minimum absolute atomic E-state index is 0.0484. The summed E-state index contributed by atoms with van der Waals surface area (Å²) in [7, 11) is -3.61. The largest absolute Gasteiger partial charge is 0.340 e. The zero-order valence-corrected chi connectivity index (χ0v) is 20.2. The standard InChI is InChI=1S/C24H32N4O5S/c29-21(9-12-28-22(30)24(25-23(28)31)10-3-4-11-24)26-13-15-27(16-14-26)34(32,33)20-8-7-18-5-1-2-6-19(18)17-20/h7-8,17H,1-6,9-16H2,(H,25,31). The molecule has 1 saturated carbocycles. The van der Waals surface area contributed by atoms with Crippen molar-refractivity contribution in [2.75, 3.05) is 32.7 Å². The fourth-order valence-electron chi connectivity index (χ4n) is 5.76. The lowest BCUT2D eigenvalue weighted by Gasteiger charge is -2.34. The molecule has 0 radical (unpaired) electrons. The number of carbonyl (C=O) groups is 3. The van der Waals surface area contributed by atoms with Crippen LogP contribution in [0.5, 0.6) is 0 Å². The Morgan fingerprint density at radius 3 is 2.32 bits per heavy atom. The summed E-state index contributed by atoms with van der Waals surface area (Å²) in [4.78, 5) is 40.9. The zero-order valence-electron chi connectivity index (χ0n) is 19.4. The van der Waals surface area contributed by atoms with Crippen LogP contribution in [0.3, 0.4) is 0 Å². The van der Waals surface area contributed by atoms with Crippen LogP contribution < -0.4 is 5.32 Å². The molecule has 184 valence electrons. The second-order valence-electron chi connectivity index (χ2n) is 9.85. The molecule has 2 aliphatic carbocycles. The summed E-state index contributed by atoms with van der Waals surface area (Å²) in [6.07, 6.45) is 7.34. The van der Waals surface area contributed by atoms with E-state index in [1.54, 1.807) is 11.0 Å². The number of nitrogens with one attached hydrogen (secondary N) is 1. The first-order valence-corrected chi connectivity index (χ1v) is 13.8. The van der Waals surface area contributed by atoms with Crippen LogP contribution in [0.2, 0.25) is 0 Å². The van der Waals surface area contributed by atoms with E-state index in [1.807, 2.05) is 12.1 Å². The van der Waals surface area contributed by atoms with Gasteiger partial charge >= 0.3 is 6.03 Å². The van der Waals surface area contributed by atoms with Crippen molar-refractivity contribution in [3.8, 4) is 0 Å². The Morgan fingerprint density at radius 1 is 0.941 bits per heavy atom. The number of carbonyl (C=O) groups excluding carboxylic acids is 3. The van der Waals surface area contributed by atoms with E-state index in [0.29, 0.717) is 30.8 Å². The number of imide groups is 1. The first-order valence-electron chi connectivity index (χ1n) is 12.3. The van der Waals surface area contributed by atoms with Crippen LogP contribution in [0.4, 0.5) is 4.79 Å². The van der Waals surface area contributed by atoms with E-state index in [4.69, 9.17) is 0 Å². The van der Waals surface area contributed by atoms with E-state index < -0.39 is 21.6 Å². The third-order valence-electron chi connectivity index (χ3n) is 7.80. The van der Waals surface area contributed by atoms with Crippen LogP contribution in [0.15, 0.2) is 23.1 Å². The molecule has 2 heterocycles. The van der Waals surface area contributed by atoms with E-state index in [9.17, 15) is 22.8 Å². The molecule has 5 rings (SSSR count). The number of piperazine rings is 1. The number of hydrogen-bond acceptors (Lipinski definition) is 5. The highest BCUT2D eigenvalue weighted by Gasteiger charge is 2.52. The molecule has 0 aromatic heterocycles. The second-order valence-corrected chi connectivity index (χ2v) is 11.8. The highest BCUT2D eigenvalue weighted by atomic mass is 32.2. The summed E-state index contributed by atoms with van der Waals surface area (Å²) < 4.78 is 27.8. The van der Waals surface area contributed by atoms with Crippen molar-refractivity contribution in [1.82, 2.24) is 19.4 Å². The van der Waals surface area contributed by atoms with Gasteiger partial charge in [0, 0.05) is 39.1 Å². The van der Waals surface area contributed by atoms with Crippen molar-refractivity contribution < 1.29 is 22.8 Å². The van der Waals surface area contributed by atoms with Crippen molar-refractivity contribution in [1.29, 1.82) is 0 Å². The number of aryl methyl sites for hydroxylation is 2. The maximum absolute atomic E-state index is 13.2. The molecule has 1 aromatic rings. The third-order valence-corrected chi connectivity index (χ3v) is 9.70. The maximum Gasteiger partial charge on any atom is 0.325 e. The number of rotatable bonds is 5. The van der Waals surface area contributed by atoms with Crippen LogP contribution >= 0.6 is 0 Å². The van der Waals surface area contributed by atoms with Gasteiger partial charge in [-0.25, -0.2) is 13.2 Å². The molecule has 2 aliphatic heterocycles. The minimum atomic E-state index is -3.61. The lowest BCUT2D eigenvalue weighted by Crippen LogP contribution is -2.51. The smallest absolute Gasteiger partial charge is 0.325 e. The lowest BCUT2D eigenvalue weighted by molar-refractivity contribution is -0.134. The number of benzene rings is 1. The summed E-state index contributed by atoms with van der Waals surface area (Å²) in [6.45, 7) is 1.12. The van der Waals surface area contributed by atoms with E-state index >= 15 is 0 Å². The molecule has 34 heavy (non-hydrogen) atoms. The van der Waals surface area contributed by atoms with Crippen molar-refractivity contribution >= 4 is 27.9 Å². The Bertz CT molecular complexity index is 1100. The Balaban J connectivity index is 1.16. The molecule has 9 nitrogen and oxygen atoms in total. The molecule has 0 atom stereocenters. The molecular formula is C24H32N4O5S. The van der Waals surface area contributed by atoms with Gasteiger partial charge in [0.2, 0.25) is 15.9 Å². The van der Waals surface area contributed by atoms with Gasteiger partial charge in [0.1, 0.15) is 5.54 Å². The quantitative estimate of drug-likeness (QED) is 0.635. The Hall–Kier alpha value is -2.46. The number of amides is 4. The van der Waals surface area contributed by atoms with Crippen LogP contribution in [0.1, 0.15) is 56.1 Å². The normalized spacial score (nSPS) is 22.8. The van der Waals surface area contributed by atoms with Gasteiger partial charge < -0.3 is 10.2 Å². The average molecular weight is 489 g/mol. The van der Waals surface area contributed by atoms with Gasteiger partial charge in [0.25, 0.3) is 5.91 Å². The number of urea groups is 1. The first-order chi connectivity index (χ1) is 16.3. The summed E-state index contributed by atoms with van der Waals surface area (Å²) in [5, 5.41) is 2.83. The van der Waals surface area contributed by atoms with E-state index in [0.717, 1.165) is 44.1 Å². The molecule has 0 unspecified atom stereocenters. The van der Waals surface area contributed by atoms with Crippen molar-refractivity contribution in [2.45, 2.75) is 68.2 Å². The van der Waals surface area contributed by atoms with Crippen LogP contribution in [0, 0.1) is 0 Å². The zero-order chi connectivity index (χ0) is 23.9. The highest BCUT2D eigenvalue weighted by Crippen LogP contribution is 2.35. The van der Waals surface area contributed by atoms with E-state index in [1.165, 1.54) is 14.8 Å². The molecule has 3 fully saturated rings. The Kier molecular flexibility index (Phi) is 6.14. The van der Waals surface area contributed by atoms with Gasteiger partial charge in [0.15, 0.2) is 0 Å². The molecular weight excluding hydrogens is 456 g/mol. The van der Waals surface area contributed by atoms with Gasteiger partial charge in [-0.15, -0.1) is 0 Å². The molecule has 1 spiro atoms. The molecule has 1 aromatic carbocycles. The van der Waals surface area contributed by atoms with Crippen molar-refractivity contribution in [2.24, 2.45) is 0 Å². The SMILES string of the molecule is O=C(CCN1C(=O)NC2(CCCC2)C1=O)N1CCN(S(=O)(=O)c2ccc3c(c2)CCCC3)CC1. The number of hydrogen-bond donors (Lipinski definition) is 1. The van der Waals surface area contributed by atoms with Crippen LogP contribution in [-0.2, 0) is 32.5 Å². The second kappa shape index (κ2) is 8.96. The Labute approximate surface area is 200 Å². The third kappa shape index (κ3) is 4.11. The van der Waals surface area contributed by atoms with Crippen LogP contribution in [0.25, 0.3) is 0 Å². The predicted octanol–water partition coefficient (Wildman–Crippen LogP) is 1.65. The summed E-state index contributed by atoms with van der Waals surface area (Å²) in [5.74, 6) is -0.387. The fraction of sp³-hybridized carbons (Fsp3) is 0.625. The molecule has 4 aliphatic rings. The van der Waals surface area contributed by atoms with Gasteiger partial charge in [-0.05, 0) is 61.8 Å². The molecule has 2 saturated heterocycles. The number of sulfonamides is 1. The van der Waals surface area contributed by atoms with Crippen molar-refractivity contribution in [3.05, 3.63) is 29.3 Å². The Morgan fingerprint density at radius 2 is 1.62 bits per heavy atom. The molecule has 0 bridgehead atoms. The average Bonchev–Trinajstić information content (AvgIpc) is 3.41. The van der Waals surface area contributed by atoms with Gasteiger partial charge in [0.05, 0.1) is 4.90 Å². The van der Waals surface area contributed by atoms with Gasteiger partial charge in [-0.1, -0.05) is 18.9 Å². The van der Waals surface area contributed by atoms with E-state index in [2.05, 4.69) is 5.32 Å². The first kappa shape index (κ1) is 23.3. The van der Waals surface area contributed by atoms with Crippen LogP contribution in [-0.4, -0.2) is 78.6 Å². The molecule has 10 heteroatoms. The molecule has 4 amide bonds. The lowest BCUT2D eigenvalue weighted by atomic mass is 9.92. The number of fused-ring (bicyclic) bond motifs is 1. The summed E-state index contributed by atoms with van der Waals surface area (Å²) >= 11 is 0. The topological polar surface area (TPSA) is 107 Å². The maximum atomic E-state index is 13.2. The van der Waals surface area contributed by atoms with Gasteiger partial charge in [-0.2, -0.15) is 4.31 Å². The number of nitrogens with zero attached hydrogens (tertiary/aromatic N) is 3.